The lowest BCUT2D eigenvalue weighted by Gasteiger charge is -2.22. The third-order valence-corrected chi connectivity index (χ3v) is 3.18. The van der Waals surface area contributed by atoms with Crippen molar-refractivity contribution in [3.05, 3.63) is 0 Å². The Labute approximate surface area is 129 Å². The van der Waals surface area contributed by atoms with Crippen LogP contribution in [0.1, 0.15) is 34.6 Å². The van der Waals surface area contributed by atoms with Crippen LogP contribution < -0.4 is 10.6 Å². The van der Waals surface area contributed by atoms with Gasteiger partial charge in [0, 0.05) is 6.04 Å². The molecule has 0 bridgehead atoms. The summed E-state index contributed by atoms with van der Waals surface area (Å²) in [6.07, 6.45) is -4.42. The molecule has 0 aliphatic heterocycles. The van der Waals surface area contributed by atoms with E-state index in [1.165, 1.54) is 0 Å². The molecule has 0 aromatic rings. The van der Waals surface area contributed by atoms with Crippen LogP contribution in [0.3, 0.4) is 0 Å². The van der Waals surface area contributed by atoms with E-state index in [9.17, 15) is 22.8 Å². The molecule has 0 spiro atoms. The van der Waals surface area contributed by atoms with Gasteiger partial charge in [-0.25, -0.2) is 0 Å². The van der Waals surface area contributed by atoms with Crippen molar-refractivity contribution in [2.45, 2.75) is 52.9 Å². The summed E-state index contributed by atoms with van der Waals surface area (Å²) in [6.45, 7) is 7.05. The second-order valence-corrected chi connectivity index (χ2v) is 5.93. The van der Waals surface area contributed by atoms with E-state index in [1.807, 2.05) is 20.8 Å². The summed E-state index contributed by atoms with van der Waals surface area (Å²) in [5, 5.41) is 4.75. The van der Waals surface area contributed by atoms with Gasteiger partial charge in [0.15, 0.2) is 6.61 Å². The number of ether oxygens (including phenoxy) is 1. The molecule has 5 nitrogen and oxygen atoms in total. The average Bonchev–Trinajstić information content (AvgIpc) is 2.34. The van der Waals surface area contributed by atoms with Crippen LogP contribution >= 0.6 is 0 Å². The Morgan fingerprint density at radius 1 is 1.05 bits per heavy atom. The van der Waals surface area contributed by atoms with Crippen LogP contribution in [-0.2, 0) is 14.3 Å². The molecule has 0 fully saturated rings. The summed E-state index contributed by atoms with van der Waals surface area (Å²) in [6, 6.07) is -1.20. The van der Waals surface area contributed by atoms with E-state index in [4.69, 9.17) is 4.74 Å². The number of carbonyl (C=O) groups is 2. The maximum absolute atomic E-state index is 12.2. The molecule has 0 radical (unpaired) electrons. The first-order valence-electron chi connectivity index (χ1n) is 7.20. The van der Waals surface area contributed by atoms with Crippen LogP contribution in [0, 0.1) is 11.8 Å². The maximum Gasteiger partial charge on any atom is 0.401 e. The van der Waals surface area contributed by atoms with Gasteiger partial charge in [-0.15, -0.1) is 0 Å². The largest absolute Gasteiger partial charge is 0.454 e. The Balaban J connectivity index is 4.38. The fraction of sp³-hybridized carbons (Fsp3) is 0.857. The van der Waals surface area contributed by atoms with Gasteiger partial charge in [0.05, 0.1) is 6.54 Å². The predicted molar refractivity (Wildman–Crippen MR) is 76.1 cm³/mol. The van der Waals surface area contributed by atoms with E-state index in [0.717, 1.165) is 0 Å². The molecule has 0 unspecified atom stereocenters. The zero-order valence-corrected chi connectivity index (χ0v) is 13.6. The van der Waals surface area contributed by atoms with Crippen molar-refractivity contribution >= 4 is 11.9 Å². The SMILES string of the molecule is CC(C)[C@@H](C)NC(=O)COC(=O)[C@H](NCC(F)(F)F)C(C)C. The summed E-state index contributed by atoms with van der Waals surface area (Å²) in [7, 11) is 0. The summed E-state index contributed by atoms with van der Waals surface area (Å²) in [5.74, 6) is -1.52. The number of nitrogens with one attached hydrogen (secondary N) is 2. The van der Waals surface area contributed by atoms with Crippen LogP contribution in [-0.4, -0.2) is 43.3 Å². The van der Waals surface area contributed by atoms with Crippen molar-refractivity contribution in [1.82, 2.24) is 10.6 Å². The standard InChI is InChI=1S/C14H25F3N2O3/c1-8(2)10(5)19-11(20)6-22-13(21)12(9(3)4)18-7-14(15,16)17/h8-10,12,18H,6-7H2,1-5H3,(H,19,20)/t10-,12-/m1/s1. The number of esters is 1. The van der Waals surface area contributed by atoms with E-state index in [2.05, 4.69) is 10.6 Å². The van der Waals surface area contributed by atoms with Gasteiger partial charge in [-0.05, 0) is 18.8 Å². The number of carbonyl (C=O) groups excluding carboxylic acids is 2. The van der Waals surface area contributed by atoms with Gasteiger partial charge in [0.25, 0.3) is 5.91 Å². The third kappa shape index (κ3) is 8.86. The second kappa shape index (κ2) is 8.97. The molecule has 0 rings (SSSR count). The number of hydrogen-bond donors (Lipinski definition) is 2. The Morgan fingerprint density at radius 2 is 1.59 bits per heavy atom. The Morgan fingerprint density at radius 3 is 2.00 bits per heavy atom. The van der Waals surface area contributed by atoms with Crippen molar-refractivity contribution in [2.75, 3.05) is 13.2 Å². The Bertz CT molecular complexity index is 371. The van der Waals surface area contributed by atoms with Crippen molar-refractivity contribution in [1.29, 1.82) is 0 Å². The first-order chi connectivity index (χ1) is 9.94. The number of rotatable bonds is 8. The van der Waals surface area contributed by atoms with Gasteiger partial charge in [-0.2, -0.15) is 13.2 Å². The van der Waals surface area contributed by atoms with E-state index >= 15 is 0 Å². The van der Waals surface area contributed by atoms with Crippen molar-refractivity contribution in [3.8, 4) is 0 Å². The van der Waals surface area contributed by atoms with Gasteiger partial charge < -0.3 is 10.1 Å². The number of amides is 1. The summed E-state index contributed by atoms with van der Waals surface area (Å²) >= 11 is 0. The minimum absolute atomic E-state index is 0.0875. The topological polar surface area (TPSA) is 67.4 Å². The molecule has 130 valence electrons. The van der Waals surface area contributed by atoms with Crippen LogP contribution in [0.25, 0.3) is 0 Å². The monoisotopic (exact) mass is 326 g/mol. The van der Waals surface area contributed by atoms with Crippen LogP contribution in [0.15, 0.2) is 0 Å². The van der Waals surface area contributed by atoms with Gasteiger partial charge in [-0.3, -0.25) is 14.9 Å². The molecule has 2 N–H and O–H groups in total. The lowest BCUT2D eigenvalue weighted by atomic mass is 10.0. The normalized spacial score (nSPS) is 14.8. The smallest absolute Gasteiger partial charge is 0.401 e. The van der Waals surface area contributed by atoms with Crippen LogP contribution in [0.4, 0.5) is 13.2 Å². The molecule has 0 saturated heterocycles. The average molecular weight is 326 g/mol. The minimum atomic E-state index is -4.42. The van der Waals surface area contributed by atoms with Crippen LogP contribution in [0.2, 0.25) is 0 Å². The van der Waals surface area contributed by atoms with E-state index in [0.29, 0.717) is 0 Å². The molecule has 1 amide bonds. The molecule has 22 heavy (non-hydrogen) atoms. The zero-order valence-electron chi connectivity index (χ0n) is 13.6. The predicted octanol–water partition coefficient (Wildman–Crippen LogP) is 1.87. The van der Waals surface area contributed by atoms with Crippen LogP contribution in [0.5, 0.6) is 0 Å². The fourth-order valence-corrected chi connectivity index (χ4v) is 1.51. The highest BCUT2D eigenvalue weighted by molar-refractivity contribution is 5.82. The number of halogens is 3. The minimum Gasteiger partial charge on any atom is -0.454 e. The quantitative estimate of drug-likeness (QED) is 0.668. The highest BCUT2D eigenvalue weighted by Crippen LogP contribution is 2.14. The van der Waals surface area contributed by atoms with E-state index < -0.39 is 43.2 Å². The van der Waals surface area contributed by atoms with E-state index in [1.54, 1.807) is 13.8 Å². The maximum atomic E-state index is 12.2. The molecule has 0 aliphatic rings. The number of hydrogen-bond acceptors (Lipinski definition) is 4. The van der Waals surface area contributed by atoms with Crippen molar-refractivity contribution < 1.29 is 27.5 Å². The summed E-state index contributed by atoms with van der Waals surface area (Å²) < 4.78 is 41.4. The molecule has 0 heterocycles. The second-order valence-electron chi connectivity index (χ2n) is 5.93. The summed E-state index contributed by atoms with van der Waals surface area (Å²) in [4.78, 5) is 23.4. The highest BCUT2D eigenvalue weighted by atomic mass is 19.4. The van der Waals surface area contributed by atoms with Gasteiger partial charge in [0.2, 0.25) is 0 Å². The molecular formula is C14H25F3N2O3. The molecule has 0 aromatic heterocycles. The highest BCUT2D eigenvalue weighted by Gasteiger charge is 2.32. The molecule has 8 heteroatoms. The van der Waals surface area contributed by atoms with Gasteiger partial charge in [0.1, 0.15) is 6.04 Å². The van der Waals surface area contributed by atoms with Crippen molar-refractivity contribution in [2.24, 2.45) is 11.8 Å². The third-order valence-electron chi connectivity index (χ3n) is 3.18. The van der Waals surface area contributed by atoms with Gasteiger partial charge >= 0.3 is 12.1 Å². The molecule has 0 aromatic carbocycles. The molecule has 2 atom stereocenters. The molecule has 0 aliphatic carbocycles. The Hall–Kier alpha value is -1.31. The van der Waals surface area contributed by atoms with Crippen molar-refractivity contribution in [3.63, 3.8) is 0 Å². The summed E-state index contributed by atoms with van der Waals surface area (Å²) in [5.41, 5.74) is 0. The molecule has 0 saturated carbocycles. The first-order valence-corrected chi connectivity index (χ1v) is 7.20. The Kier molecular flexibility index (Phi) is 8.44. The van der Waals surface area contributed by atoms with Gasteiger partial charge in [-0.1, -0.05) is 27.7 Å². The van der Waals surface area contributed by atoms with E-state index in [-0.39, 0.29) is 12.0 Å². The lowest BCUT2D eigenvalue weighted by Crippen LogP contribution is -2.47. The fourth-order valence-electron chi connectivity index (χ4n) is 1.51. The zero-order chi connectivity index (χ0) is 17.5. The molecular weight excluding hydrogens is 301 g/mol. The number of alkyl halides is 3. The first kappa shape index (κ1) is 20.7. The lowest BCUT2D eigenvalue weighted by molar-refractivity contribution is -0.154.